The summed E-state index contributed by atoms with van der Waals surface area (Å²) >= 11 is 0. The number of amides is 1. The van der Waals surface area contributed by atoms with Gasteiger partial charge in [0.15, 0.2) is 6.61 Å². The number of hydrogen-bond donors (Lipinski definition) is 1. The molecule has 0 radical (unpaired) electrons. The minimum Gasteiger partial charge on any atom is -0.497 e. The highest BCUT2D eigenvalue weighted by Gasteiger charge is 2.27. The fraction of sp³-hybridized carbons (Fsp3) is 0.579. The summed E-state index contributed by atoms with van der Waals surface area (Å²) in [5.74, 6) is 0.177. The number of rotatable bonds is 5. The SMILES string of the molecule is COc1ccc(OCC(=O)N2CCC(C(=O)O)CC2)c(C(C)(C)C)c1. The molecule has 0 aliphatic carbocycles. The summed E-state index contributed by atoms with van der Waals surface area (Å²) in [5, 5.41) is 9.03. The molecular formula is C19H27NO5. The van der Waals surface area contributed by atoms with Gasteiger partial charge in [0.2, 0.25) is 0 Å². The van der Waals surface area contributed by atoms with Crippen LogP contribution in [0.2, 0.25) is 0 Å². The molecule has 0 aromatic heterocycles. The van der Waals surface area contributed by atoms with E-state index in [2.05, 4.69) is 20.8 Å². The van der Waals surface area contributed by atoms with Gasteiger partial charge < -0.3 is 19.5 Å². The van der Waals surface area contributed by atoms with Crippen molar-refractivity contribution in [3.63, 3.8) is 0 Å². The molecule has 1 saturated heterocycles. The van der Waals surface area contributed by atoms with Gasteiger partial charge in [0, 0.05) is 18.7 Å². The molecular weight excluding hydrogens is 322 g/mol. The van der Waals surface area contributed by atoms with Crippen molar-refractivity contribution < 1.29 is 24.2 Å². The smallest absolute Gasteiger partial charge is 0.306 e. The average molecular weight is 349 g/mol. The Morgan fingerprint density at radius 3 is 2.40 bits per heavy atom. The lowest BCUT2D eigenvalue weighted by Gasteiger charge is -2.30. The van der Waals surface area contributed by atoms with Gasteiger partial charge in [0.05, 0.1) is 13.0 Å². The second-order valence-electron chi connectivity index (χ2n) is 7.39. The number of aliphatic carboxylic acids is 1. The van der Waals surface area contributed by atoms with Crippen LogP contribution in [-0.4, -0.2) is 48.7 Å². The molecule has 1 heterocycles. The molecule has 6 nitrogen and oxygen atoms in total. The lowest BCUT2D eigenvalue weighted by atomic mass is 9.86. The minimum atomic E-state index is -0.781. The number of carboxylic acids is 1. The van der Waals surface area contributed by atoms with Crippen LogP contribution in [0, 0.1) is 5.92 Å². The van der Waals surface area contributed by atoms with E-state index >= 15 is 0 Å². The number of carbonyl (C=O) groups excluding carboxylic acids is 1. The van der Waals surface area contributed by atoms with Crippen molar-refractivity contribution >= 4 is 11.9 Å². The third kappa shape index (κ3) is 4.87. The molecule has 1 aliphatic heterocycles. The van der Waals surface area contributed by atoms with Gasteiger partial charge in [-0.05, 0) is 36.5 Å². The van der Waals surface area contributed by atoms with E-state index in [0.717, 1.165) is 11.3 Å². The molecule has 1 fully saturated rings. The third-order valence-electron chi connectivity index (χ3n) is 4.54. The van der Waals surface area contributed by atoms with E-state index in [9.17, 15) is 9.59 Å². The molecule has 1 amide bonds. The first-order chi connectivity index (χ1) is 11.7. The summed E-state index contributed by atoms with van der Waals surface area (Å²) in [6.45, 7) is 7.11. The van der Waals surface area contributed by atoms with Crippen LogP contribution in [0.4, 0.5) is 0 Å². The lowest BCUT2D eigenvalue weighted by molar-refractivity contribution is -0.146. The number of methoxy groups -OCH3 is 1. The Bertz CT molecular complexity index is 627. The van der Waals surface area contributed by atoms with Gasteiger partial charge in [0.1, 0.15) is 11.5 Å². The van der Waals surface area contributed by atoms with Crippen molar-refractivity contribution in [1.82, 2.24) is 4.90 Å². The first kappa shape index (κ1) is 19.1. The largest absolute Gasteiger partial charge is 0.497 e. The number of carboxylic acid groups (broad SMARTS) is 1. The minimum absolute atomic E-state index is 0.0485. The van der Waals surface area contributed by atoms with Crippen molar-refractivity contribution in [2.75, 3.05) is 26.8 Å². The van der Waals surface area contributed by atoms with Crippen molar-refractivity contribution in [2.24, 2.45) is 5.92 Å². The maximum atomic E-state index is 12.4. The van der Waals surface area contributed by atoms with Crippen LogP contribution < -0.4 is 9.47 Å². The average Bonchev–Trinajstić information content (AvgIpc) is 2.58. The van der Waals surface area contributed by atoms with E-state index in [0.29, 0.717) is 31.7 Å². The fourth-order valence-corrected chi connectivity index (χ4v) is 2.95. The molecule has 1 N–H and O–H groups in total. The van der Waals surface area contributed by atoms with Crippen LogP contribution in [0.25, 0.3) is 0 Å². The van der Waals surface area contributed by atoms with Crippen LogP contribution in [0.5, 0.6) is 11.5 Å². The van der Waals surface area contributed by atoms with Gasteiger partial charge in [-0.1, -0.05) is 20.8 Å². The lowest BCUT2D eigenvalue weighted by Crippen LogP contribution is -2.42. The summed E-state index contributed by atoms with van der Waals surface area (Å²) in [6, 6.07) is 5.56. The number of carbonyl (C=O) groups is 2. The predicted molar refractivity (Wildman–Crippen MR) is 94.1 cm³/mol. The van der Waals surface area contributed by atoms with Crippen LogP contribution >= 0.6 is 0 Å². The van der Waals surface area contributed by atoms with E-state index in [-0.39, 0.29) is 23.8 Å². The van der Waals surface area contributed by atoms with Crippen LogP contribution in [0.15, 0.2) is 18.2 Å². The maximum Gasteiger partial charge on any atom is 0.306 e. The summed E-state index contributed by atoms with van der Waals surface area (Å²) in [7, 11) is 1.62. The molecule has 1 aliphatic rings. The molecule has 2 rings (SSSR count). The fourth-order valence-electron chi connectivity index (χ4n) is 2.95. The topological polar surface area (TPSA) is 76.1 Å². The number of piperidine rings is 1. The maximum absolute atomic E-state index is 12.4. The summed E-state index contributed by atoms with van der Waals surface area (Å²) in [5.41, 5.74) is 0.830. The number of benzene rings is 1. The number of likely N-dealkylation sites (tertiary alicyclic amines) is 1. The molecule has 0 atom stereocenters. The Labute approximate surface area is 148 Å². The molecule has 138 valence electrons. The third-order valence-corrected chi connectivity index (χ3v) is 4.54. The predicted octanol–water partition coefficient (Wildman–Crippen LogP) is 2.69. The molecule has 0 spiro atoms. The normalized spacial score (nSPS) is 15.8. The van der Waals surface area contributed by atoms with Crippen molar-refractivity contribution in [3.05, 3.63) is 23.8 Å². The van der Waals surface area contributed by atoms with Crippen LogP contribution in [0.1, 0.15) is 39.2 Å². The van der Waals surface area contributed by atoms with E-state index in [1.807, 2.05) is 18.2 Å². The van der Waals surface area contributed by atoms with Gasteiger partial charge >= 0.3 is 5.97 Å². The van der Waals surface area contributed by atoms with Crippen molar-refractivity contribution in [2.45, 2.75) is 39.0 Å². The van der Waals surface area contributed by atoms with Crippen molar-refractivity contribution in [3.8, 4) is 11.5 Å². The standard InChI is InChI=1S/C19H27NO5/c1-19(2,3)15-11-14(24-4)5-6-16(15)25-12-17(21)20-9-7-13(8-10-20)18(22)23/h5-6,11,13H,7-10,12H2,1-4H3,(H,22,23). The Kier molecular flexibility index (Phi) is 5.93. The summed E-state index contributed by atoms with van der Waals surface area (Å²) in [4.78, 5) is 25.0. The van der Waals surface area contributed by atoms with E-state index in [4.69, 9.17) is 14.6 Å². The summed E-state index contributed by atoms with van der Waals surface area (Å²) in [6.07, 6.45) is 0.994. The van der Waals surface area contributed by atoms with Crippen LogP contribution in [0.3, 0.4) is 0 Å². The number of nitrogens with zero attached hydrogens (tertiary/aromatic N) is 1. The molecule has 0 unspecified atom stereocenters. The zero-order chi connectivity index (χ0) is 18.6. The van der Waals surface area contributed by atoms with E-state index in [1.54, 1.807) is 12.0 Å². The first-order valence-electron chi connectivity index (χ1n) is 8.54. The van der Waals surface area contributed by atoms with Gasteiger partial charge in [-0.15, -0.1) is 0 Å². The molecule has 1 aromatic carbocycles. The van der Waals surface area contributed by atoms with Gasteiger partial charge in [-0.2, -0.15) is 0 Å². The van der Waals surface area contributed by atoms with Gasteiger partial charge in [0.25, 0.3) is 5.91 Å². The highest BCUT2D eigenvalue weighted by atomic mass is 16.5. The first-order valence-corrected chi connectivity index (χ1v) is 8.54. The monoisotopic (exact) mass is 349 g/mol. The molecule has 1 aromatic rings. The van der Waals surface area contributed by atoms with Gasteiger partial charge in [-0.3, -0.25) is 9.59 Å². The van der Waals surface area contributed by atoms with Crippen molar-refractivity contribution in [1.29, 1.82) is 0 Å². The molecule has 0 bridgehead atoms. The summed E-state index contributed by atoms with van der Waals surface area (Å²) < 4.78 is 11.1. The molecule has 6 heteroatoms. The quantitative estimate of drug-likeness (QED) is 0.884. The Hall–Kier alpha value is -2.24. The second-order valence-corrected chi connectivity index (χ2v) is 7.39. The second kappa shape index (κ2) is 7.76. The van der Waals surface area contributed by atoms with Gasteiger partial charge in [-0.25, -0.2) is 0 Å². The number of ether oxygens (including phenoxy) is 2. The highest BCUT2D eigenvalue weighted by Crippen LogP contribution is 2.34. The molecule has 25 heavy (non-hydrogen) atoms. The van der Waals surface area contributed by atoms with E-state index < -0.39 is 5.97 Å². The Morgan fingerprint density at radius 1 is 1.24 bits per heavy atom. The Morgan fingerprint density at radius 2 is 1.88 bits per heavy atom. The molecule has 0 saturated carbocycles. The van der Waals surface area contributed by atoms with Crippen LogP contribution in [-0.2, 0) is 15.0 Å². The number of hydrogen-bond acceptors (Lipinski definition) is 4. The zero-order valence-corrected chi connectivity index (χ0v) is 15.4. The highest BCUT2D eigenvalue weighted by molar-refractivity contribution is 5.78. The zero-order valence-electron chi connectivity index (χ0n) is 15.4. The Balaban J connectivity index is 1.99. The van der Waals surface area contributed by atoms with E-state index in [1.165, 1.54) is 0 Å².